The monoisotopic (exact) mass is 690 g/mol. The Morgan fingerprint density at radius 3 is 2.65 bits per heavy atom. The first kappa shape index (κ1) is 34.1. The van der Waals surface area contributed by atoms with Crippen molar-refractivity contribution in [2.75, 3.05) is 50.1 Å². The predicted octanol–water partition coefficient (Wildman–Crippen LogP) is 4.30. The summed E-state index contributed by atoms with van der Waals surface area (Å²) in [4.78, 5) is 37.9. The number of piperidine rings is 1. The van der Waals surface area contributed by atoms with Gasteiger partial charge in [-0.1, -0.05) is 17.7 Å². The molecule has 1 saturated heterocycles. The Morgan fingerprint density at radius 1 is 1.16 bits per heavy atom. The van der Waals surface area contributed by atoms with E-state index < -0.39 is 21.9 Å². The molecule has 6 rings (SSSR count). The number of aromatic nitrogens is 4. The largest absolute Gasteiger partial charge is 0.494 e. The number of rotatable bonds is 12. The number of nitrogens with one attached hydrogen (secondary N) is 3. The minimum absolute atomic E-state index is 0.0855. The second-order valence-corrected chi connectivity index (χ2v) is 15.2. The number of H-pyrrole nitrogens is 2. The number of hydrogen-bond acceptors (Lipinski definition) is 10. The third-order valence-electron chi connectivity index (χ3n) is 8.95. The molecule has 1 fully saturated rings. The van der Waals surface area contributed by atoms with Crippen LogP contribution in [0.15, 0.2) is 53.6 Å². The molecular weight excluding hydrogens is 648 g/mol. The number of hydrogen-bond donors (Lipinski definition) is 4. The summed E-state index contributed by atoms with van der Waals surface area (Å²) in [5, 5.41) is 16.0. The Kier molecular flexibility index (Phi) is 9.70. The van der Waals surface area contributed by atoms with E-state index in [1.165, 1.54) is 19.4 Å². The number of carbonyl (C=O) groups is 1. The molecule has 0 spiro atoms. The van der Waals surface area contributed by atoms with E-state index in [-0.39, 0.29) is 41.9 Å². The second kappa shape index (κ2) is 14.0. The van der Waals surface area contributed by atoms with E-state index in [9.17, 15) is 23.1 Å². The van der Waals surface area contributed by atoms with E-state index in [1.54, 1.807) is 6.07 Å². The summed E-state index contributed by atoms with van der Waals surface area (Å²) in [6.45, 7) is 7.61. The highest BCUT2D eigenvalue weighted by atomic mass is 32.2. The highest BCUT2D eigenvalue weighted by Crippen LogP contribution is 2.36. The highest BCUT2D eigenvalue weighted by Gasteiger charge is 2.25. The summed E-state index contributed by atoms with van der Waals surface area (Å²) in [6.07, 6.45) is 5.66. The number of benzene rings is 2. The molecule has 0 radical (unpaired) electrons. The zero-order chi connectivity index (χ0) is 34.9. The molecule has 3 aromatic heterocycles. The summed E-state index contributed by atoms with van der Waals surface area (Å²) in [5.41, 5.74) is 3.80. The first-order chi connectivity index (χ1) is 23.3. The molecule has 1 aliphatic heterocycles. The Balaban J connectivity index is 1.19. The number of aromatic amines is 2. The smallest absolute Gasteiger partial charge is 0.303 e. The topological polar surface area (TPSA) is 172 Å². The molecule has 4 N–H and O–H groups in total. The maximum atomic E-state index is 13.1. The molecule has 0 saturated carbocycles. The van der Waals surface area contributed by atoms with Crippen molar-refractivity contribution in [3.8, 4) is 23.0 Å². The van der Waals surface area contributed by atoms with Crippen molar-refractivity contribution >= 4 is 43.3 Å². The van der Waals surface area contributed by atoms with E-state index in [4.69, 9.17) is 14.5 Å². The lowest BCUT2D eigenvalue weighted by Gasteiger charge is -2.32. The number of imidazole rings is 1. The zero-order valence-corrected chi connectivity index (χ0v) is 28.9. The average molecular weight is 691 g/mol. The number of carbonyl (C=O) groups excluding carboxylic acids is 1. The van der Waals surface area contributed by atoms with Gasteiger partial charge in [-0.05, 0) is 56.5 Å². The van der Waals surface area contributed by atoms with Gasteiger partial charge in [0.15, 0.2) is 12.0 Å². The van der Waals surface area contributed by atoms with Crippen molar-refractivity contribution in [2.45, 2.75) is 45.8 Å². The number of fused-ring (bicyclic) bond motifs is 2. The van der Waals surface area contributed by atoms with Crippen LogP contribution in [-0.4, -0.2) is 94.8 Å². The Hall–Kier alpha value is -4.82. The van der Waals surface area contributed by atoms with Crippen LogP contribution in [0.1, 0.15) is 36.9 Å². The molecule has 13 nitrogen and oxygen atoms in total. The van der Waals surface area contributed by atoms with Gasteiger partial charge in [-0.3, -0.25) is 9.59 Å². The van der Waals surface area contributed by atoms with E-state index in [1.807, 2.05) is 54.9 Å². The van der Waals surface area contributed by atoms with Crippen molar-refractivity contribution in [3.05, 3.63) is 70.3 Å². The molecule has 0 amide bonds. The number of sulfone groups is 1. The number of ether oxygens (including phenoxy) is 2. The number of aromatic hydroxyl groups is 1. The maximum absolute atomic E-state index is 13.1. The standard InChI is InChI=1S/C35H42N6O7S/c1-21-5-6-31(22(2)15-21)47-20-26(48-23(3)42)18-37-28-7-10-36-34(43)32(28)33-38-29-16-24-19-41(35(44)27(24)17-30(29)39-33)25-8-11-40(12-9-25)13-14-49(4,45)46/h5-7,10,15-17,19,25-26,44H,8-9,11-14,18,20H2,1-4H3,(H,38,39)(H2,36,37,43)/t26-/m1/s1. The molecule has 5 aromatic rings. The highest BCUT2D eigenvalue weighted by molar-refractivity contribution is 7.90. The van der Waals surface area contributed by atoms with E-state index >= 15 is 0 Å². The fourth-order valence-corrected chi connectivity index (χ4v) is 7.02. The van der Waals surface area contributed by atoms with Gasteiger partial charge in [0.1, 0.15) is 33.6 Å². The van der Waals surface area contributed by atoms with Crippen LogP contribution in [0.25, 0.3) is 33.2 Å². The fourth-order valence-electron chi connectivity index (χ4n) is 6.43. The van der Waals surface area contributed by atoms with Gasteiger partial charge >= 0.3 is 5.97 Å². The summed E-state index contributed by atoms with van der Waals surface area (Å²) in [7, 11) is -3.02. The second-order valence-electron chi connectivity index (χ2n) is 12.9. The number of aryl methyl sites for hydroxylation is 2. The van der Waals surface area contributed by atoms with Gasteiger partial charge in [0, 0.05) is 62.0 Å². The number of anilines is 1. The van der Waals surface area contributed by atoms with Crippen LogP contribution in [0.4, 0.5) is 5.69 Å². The minimum atomic E-state index is -3.02. The van der Waals surface area contributed by atoms with Crippen LogP contribution >= 0.6 is 0 Å². The van der Waals surface area contributed by atoms with Gasteiger partial charge in [-0.25, -0.2) is 13.4 Å². The Labute approximate surface area is 284 Å². The molecule has 4 heterocycles. The molecule has 0 bridgehead atoms. The maximum Gasteiger partial charge on any atom is 0.303 e. The lowest BCUT2D eigenvalue weighted by atomic mass is 10.1. The van der Waals surface area contributed by atoms with Gasteiger partial charge in [0.2, 0.25) is 0 Å². The van der Waals surface area contributed by atoms with Crippen LogP contribution < -0.4 is 15.6 Å². The minimum Gasteiger partial charge on any atom is -0.494 e. The van der Waals surface area contributed by atoms with Gasteiger partial charge in [0.05, 0.1) is 29.0 Å². The van der Waals surface area contributed by atoms with Crippen LogP contribution in [0.2, 0.25) is 0 Å². The lowest BCUT2D eigenvalue weighted by Crippen LogP contribution is -2.37. The molecule has 1 atom stereocenters. The van der Waals surface area contributed by atoms with Crippen molar-refractivity contribution in [1.29, 1.82) is 0 Å². The molecule has 1 aliphatic rings. The number of likely N-dealkylation sites (tertiary alicyclic amines) is 1. The molecule has 49 heavy (non-hydrogen) atoms. The zero-order valence-electron chi connectivity index (χ0n) is 28.1. The number of esters is 1. The fraction of sp³-hybridized carbons (Fsp3) is 0.400. The quantitative estimate of drug-likeness (QED) is 0.138. The summed E-state index contributed by atoms with van der Waals surface area (Å²) in [6, 6.07) is 11.4. The number of pyridine rings is 1. The summed E-state index contributed by atoms with van der Waals surface area (Å²) in [5.74, 6) is 0.886. The Bertz CT molecular complexity index is 2160. The lowest BCUT2D eigenvalue weighted by molar-refractivity contribution is -0.147. The third kappa shape index (κ3) is 7.92. The first-order valence-corrected chi connectivity index (χ1v) is 18.4. The molecule has 2 aromatic carbocycles. The molecular formula is C35H42N6O7S. The van der Waals surface area contributed by atoms with Gasteiger partial charge in [-0.15, -0.1) is 0 Å². The molecule has 260 valence electrons. The van der Waals surface area contributed by atoms with Crippen molar-refractivity contribution < 1.29 is 27.8 Å². The van der Waals surface area contributed by atoms with E-state index in [2.05, 4.69) is 20.2 Å². The first-order valence-electron chi connectivity index (χ1n) is 16.3. The van der Waals surface area contributed by atoms with E-state index in [0.717, 1.165) is 42.4 Å². The van der Waals surface area contributed by atoms with Crippen molar-refractivity contribution in [3.63, 3.8) is 0 Å². The summed E-state index contributed by atoms with van der Waals surface area (Å²) >= 11 is 0. The van der Waals surface area contributed by atoms with E-state index in [0.29, 0.717) is 40.2 Å². The number of nitrogens with zero attached hydrogens (tertiary/aromatic N) is 3. The SMILES string of the molecule is CC(=O)O[C@H](CNc1cc[nH]c(=O)c1-c1nc2cc3c(O)n(C4CCN(CCS(C)(=O)=O)CC4)cc3cc2[nH]1)COc1ccc(C)cc1C. The Morgan fingerprint density at radius 2 is 1.94 bits per heavy atom. The van der Waals surface area contributed by atoms with Gasteiger partial charge < -0.3 is 39.3 Å². The third-order valence-corrected chi connectivity index (χ3v) is 9.88. The molecule has 0 unspecified atom stereocenters. The van der Waals surface area contributed by atoms with Gasteiger partial charge in [0.25, 0.3) is 5.56 Å². The van der Waals surface area contributed by atoms with Crippen molar-refractivity contribution in [2.24, 2.45) is 0 Å². The average Bonchev–Trinajstić information content (AvgIpc) is 3.60. The predicted molar refractivity (Wildman–Crippen MR) is 189 cm³/mol. The molecule has 14 heteroatoms. The molecule has 0 aliphatic carbocycles. The van der Waals surface area contributed by atoms with Crippen LogP contribution in [0.5, 0.6) is 11.6 Å². The van der Waals surface area contributed by atoms with Crippen LogP contribution in [0, 0.1) is 13.8 Å². The van der Waals surface area contributed by atoms with Gasteiger partial charge in [-0.2, -0.15) is 0 Å². The normalized spacial score (nSPS) is 15.1. The van der Waals surface area contributed by atoms with Crippen molar-refractivity contribution in [1.82, 2.24) is 24.4 Å². The summed E-state index contributed by atoms with van der Waals surface area (Å²) < 4.78 is 36.5. The van der Waals surface area contributed by atoms with Crippen LogP contribution in [0.3, 0.4) is 0 Å². The van der Waals surface area contributed by atoms with Crippen LogP contribution in [-0.2, 0) is 19.4 Å².